The van der Waals surface area contributed by atoms with Crippen molar-refractivity contribution in [2.24, 2.45) is 0 Å². The molecule has 0 atom stereocenters. The molecular formula is C17H22F2N2O3. The summed E-state index contributed by atoms with van der Waals surface area (Å²) in [4.78, 5) is 24.5. The molecule has 2 rings (SSSR count). The molecule has 1 aliphatic carbocycles. The molecule has 1 aliphatic rings. The second kappa shape index (κ2) is 8.61. The number of carbonyl (C=O) groups is 2. The predicted molar refractivity (Wildman–Crippen MR) is 84.4 cm³/mol. The number of urea groups is 1. The van der Waals surface area contributed by atoms with Crippen LogP contribution in [-0.4, -0.2) is 34.6 Å². The number of nitrogens with one attached hydrogen (secondary N) is 1. The average Bonchev–Trinajstić information content (AvgIpc) is 3.06. The van der Waals surface area contributed by atoms with Gasteiger partial charge in [0.15, 0.2) is 0 Å². The fourth-order valence-electron chi connectivity index (χ4n) is 2.97. The molecule has 0 unspecified atom stereocenters. The summed E-state index contributed by atoms with van der Waals surface area (Å²) in [6.45, 7) is 0.235. The number of hydrogen-bond donors (Lipinski definition) is 2. The fraction of sp³-hybridized carbons (Fsp3) is 0.529. The summed E-state index contributed by atoms with van der Waals surface area (Å²) < 4.78 is 27.2. The van der Waals surface area contributed by atoms with Gasteiger partial charge in [0.25, 0.3) is 0 Å². The van der Waals surface area contributed by atoms with Crippen molar-refractivity contribution in [2.45, 2.75) is 51.1 Å². The molecule has 2 amide bonds. The number of carboxylic acid groups (broad SMARTS) is 1. The number of rotatable bonds is 7. The van der Waals surface area contributed by atoms with Crippen LogP contribution in [0.1, 0.15) is 44.1 Å². The maximum atomic E-state index is 13.9. The summed E-state index contributed by atoms with van der Waals surface area (Å²) in [7, 11) is 0. The summed E-state index contributed by atoms with van der Waals surface area (Å²) in [6, 6.07) is 2.84. The van der Waals surface area contributed by atoms with E-state index in [1.807, 2.05) is 0 Å². The van der Waals surface area contributed by atoms with Gasteiger partial charge in [-0.25, -0.2) is 13.6 Å². The van der Waals surface area contributed by atoms with Crippen LogP contribution in [0.15, 0.2) is 18.2 Å². The highest BCUT2D eigenvalue weighted by Gasteiger charge is 2.27. The van der Waals surface area contributed by atoms with Crippen LogP contribution in [0.25, 0.3) is 0 Å². The zero-order valence-corrected chi connectivity index (χ0v) is 13.4. The zero-order valence-electron chi connectivity index (χ0n) is 13.4. The highest BCUT2D eigenvalue weighted by molar-refractivity contribution is 5.74. The van der Waals surface area contributed by atoms with Gasteiger partial charge in [0.05, 0.1) is 6.54 Å². The van der Waals surface area contributed by atoms with Crippen LogP contribution in [0, 0.1) is 11.6 Å². The van der Waals surface area contributed by atoms with E-state index in [0.29, 0.717) is 6.42 Å². The van der Waals surface area contributed by atoms with E-state index in [0.717, 1.165) is 43.9 Å². The number of hydrogen-bond acceptors (Lipinski definition) is 2. The van der Waals surface area contributed by atoms with Crippen molar-refractivity contribution in [1.29, 1.82) is 0 Å². The number of carboxylic acids is 1. The second-order valence-corrected chi connectivity index (χ2v) is 6.03. The van der Waals surface area contributed by atoms with Gasteiger partial charge in [-0.3, -0.25) is 4.79 Å². The lowest BCUT2D eigenvalue weighted by molar-refractivity contribution is -0.137. The Morgan fingerprint density at radius 3 is 2.62 bits per heavy atom. The fourth-order valence-corrected chi connectivity index (χ4v) is 2.97. The molecule has 0 bridgehead atoms. The quantitative estimate of drug-likeness (QED) is 0.749. The van der Waals surface area contributed by atoms with Gasteiger partial charge in [-0.15, -0.1) is 0 Å². The minimum absolute atomic E-state index is 0.000968. The first-order valence-corrected chi connectivity index (χ1v) is 8.17. The molecule has 0 saturated heterocycles. The molecule has 1 aromatic carbocycles. The van der Waals surface area contributed by atoms with Crippen molar-refractivity contribution < 1.29 is 23.5 Å². The smallest absolute Gasteiger partial charge is 0.317 e. The van der Waals surface area contributed by atoms with Gasteiger partial charge in [0.1, 0.15) is 11.6 Å². The molecule has 7 heteroatoms. The molecule has 0 aliphatic heterocycles. The summed E-state index contributed by atoms with van der Waals surface area (Å²) in [6.07, 6.45) is 3.97. The van der Waals surface area contributed by atoms with Crippen LogP contribution in [0.5, 0.6) is 0 Å². The molecular weight excluding hydrogens is 318 g/mol. The molecule has 0 radical (unpaired) electrons. The van der Waals surface area contributed by atoms with Crippen molar-refractivity contribution in [2.75, 3.05) is 6.54 Å². The van der Waals surface area contributed by atoms with Crippen LogP contribution in [0.2, 0.25) is 0 Å². The Balaban J connectivity index is 2.02. The van der Waals surface area contributed by atoms with E-state index in [4.69, 9.17) is 5.11 Å². The van der Waals surface area contributed by atoms with Crippen LogP contribution >= 0.6 is 0 Å². The summed E-state index contributed by atoms with van der Waals surface area (Å²) >= 11 is 0. The molecule has 1 fully saturated rings. The molecule has 1 aromatic rings. The Hall–Kier alpha value is -2.18. The highest BCUT2D eigenvalue weighted by atomic mass is 19.1. The number of aliphatic carboxylic acids is 1. The van der Waals surface area contributed by atoms with Crippen LogP contribution in [-0.2, 0) is 11.3 Å². The third kappa shape index (κ3) is 5.18. The highest BCUT2D eigenvalue weighted by Crippen LogP contribution is 2.26. The molecule has 0 heterocycles. The first kappa shape index (κ1) is 18.2. The summed E-state index contributed by atoms with van der Waals surface area (Å²) in [5, 5.41) is 11.3. The van der Waals surface area contributed by atoms with Gasteiger partial charge in [0, 0.05) is 24.6 Å². The SMILES string of the molecule is O=C(O)CCCNC(=O)N(Cc1cc(F)ccc1F)C1CCCC1. The lowest BCUT2D eigenvalue weighted by atomic mass is 10.1. The van der Waals surface area contributed by atoms with E-state index >= 15 is 0 Å². The number of amides is 2. The third-order valence-corrected chi connectivity index (χ3v) is 4.22. The number of halogens is 2. The summed E-state index contributed by atoms with van der Waals surface area (Å²) in [5.74, 6) is -2.00. The van der Waals surface area contributed by atoms with Crippen molar-refractivity contribution in [1.82, 2.24) is 10.2 Å². The summed E-state index contributed by atoms with van der Waals surface area (Å²) in [5.41, 5.74) is 0.141. The zero-order chi connectivity index (χ0) is 17.5. The van der Waals surface area contributed by atoms with Crippen molar-refractivity contribution in [3.8, 4) is 0 Å². The van der Waals surface area contributed by atoms with E-state index in [2.05, 4.69) is 5.32 Å². The Kier molecular flexibility index (Phi) is 6.52. The Morgan fingerprint density at radius 1 is 1.25 bits per heavy atom. The molecule has 5 nitrogen and oxygen atoms in total. The van der Waals surface area contributed by atoms with Crippen LogP contribution in [0.3, 0.4) is 0 Å². The maximum Gasteiger partial charge on any atom is 0.317 e. The van der Waals surface area contributed by atoms with E-state index < -0.39 is 17.6 Å². The Bertz CT molecular complexity index is 589. The standard InChI is InChI=1S/C17H22F2N2O3/c18-13-7-8-15(19)12(10-13)11-21(14-4-1-2-5-14)17(24)20-9-3-6-16(22)23/h7-8,10,14H,1-6,9,11H2,(H,20,24)(H,22,23). The van der Waals surface area contributed by atoms with Crippen LogP contribution in [0.4, 0.5) is 13.6 Å². The third-order valence-electron chi connectivity index (χ3n) is 4.22. The second-order valence-electron chi connectivity index (χ2n) is 6.03. The lowest BCUT2D eigenvalue weighted by Gasteiger charge is -2.29. The Morgan fingerprint density at radius 2 is 1.96 bits per heavy atom. The maximum absolute atomic E-state index is 13.9. The van der Waals surface area contributed by atoms with Crippen molar-refractivity contribution in [3.63, 3.8) is 0 Å². The molecule has 0 spiro atoms. The number of benzene rings is 1. The van der Waals surface area contributed by atoms with Crippen molar-refractivity contribution >= 4 is 12.0 Å². The van der Waals surface area contributed by atoms with Gasteiger partial charge < -0.3 is 15.3 Å². The van der Waals surface area contributed by atoms with Gasteiger partial charge in [-0.05, 0) is 37.5 Å². The molecule has 132 valence electrons. The molecule has 1 saturated carbocycles. The number of nitrogens with zero attached hydrogens (tertiary/aromatic N) is 1. The minimum atomic E-state index is -0.918. The lowest BCUT2D eigenvalue weighted by Crippen LogP contribution is -2.45. The molecule has 2 N–H and O–H groups in total. The first-order valence-electron chi connectivity index (χ1n) is 8.17. The van der Waals surface area contributed by atoms with E-state index in [9.17, 15) is 18.4 Å². The van der Waals surface area contributed by atoms with Gasteiger partial charge in [-0.2, -0.15) is 0 Å². The average molecular weight is 340 g/mol. The Labute approximate surface area is 139 Å². The molecule has 0 aromatic heterocycles. The monoisotopic (exact) mass is 340 g/mol. The van der Waals surface area contributed by atoms with Gasteiger partial charge >= 0.3 is 12.0 Å². The van der Waals surface area contributed by atoms with Crippen molar-refractivity contribution in [3.05, 3.63) is 35.4 Å². The first-order chi connectivity index (χ1) is 11.5. The van der Waals surface area contributed by atoms with E-state index in [1.165, 1.54) is 4.90 Å². The van der Waals surface area contributed by atoms with E-state index in [1.54, 1.807) is 0 Å². The predicted octanol–water partition coefficient (Wildman–Crippen LogP) is 3.28. The number of carbonyl (C=O) groups excluding carboxylic acids is 1. The van der Waals surface area contributed by atoms with Gasteiger partial charge in [0.2, 0.25) is 0 Å². The molecule has 24 heavy (non-hydrogen) atoms. The topological polar surface area (TPSA) is 69.6 Å². The minimum Gasteiger partial charge on any atom is -0.481 e. The van der Waals surface area contributed by atoms with E-state index in [-0.39, 0.29) is 37.1 Å². The normalized spacial score (nSPS) is 14.6. The van der Waals surface area contributed by atoms with Gasteiger partial charge in [-0.1, -0.05) is 12.8 Å². The van der Waals surface area contributed by atoms with Crippen LogP contribution < -0.4 is 5.32 Å². The largest absolute Gasteiger partial charge is 0.481 e.